The quantitative estimate of drug-likeness (QED) is 0.350. The van der Waals surface area contributed by atoms with Gasteiger partial charge in [0.2, 0.25) is 5.69 Å². The largest absolute Gasteiger partial charge is 0.741 e. The van der Waals surface area contributed by atoms with Gasteiger partial charge in [-0.2, -0.15) is 17.7 Å². The molecule has 0 aliphatic heterocycles. The number of hydrogen-bond donors (Lipinski definition) is 0. The van der Waals surface area contributed by atoms with Crippen molar-refractivity contribution in [2.24, 2.45) is 0 Å². The van der Waals surface area contributed by atoms with Crippen LogP contribution in [0.25, 0.3) is 5.69 Å². The van der Waals surface area contributed by atoms with Gasteiger partial charge in [-0.1, -0.05) is 6.07 Å². The summed E-state index contributed by atoms with van der Waals surface area (Å²) in [5, 5.41) is 0. The Balaban J connectivity index is 0.000000240. The van der Waals surface area contributed by atoms with E-state index in [1.54, 1.807) is 12.1 Å². The van der Waals surface area contributed by atoms with Crippen LogP contribution >= 0.6 is 0 Å². The molecule has 0 aliphatic rings. The first-order valence-electron chi connectivity index (χ1n) is 5.35. The minimum atomic E-state index is -6.09. The van der Waals surface area contributed by atoms with Crippen molar-refractivity contribution in [3.05, 3.63) is 60.7 Å². The van der Waals surface area contributed by atoms with E-state index in [0.717, 1.165) is 5.69 Å². The molecule has 1 aromatic heterocycles. The predicted octanol–water partition coefficient (Wildman–Crippen LogP) is 2.15. The summed E-state index contributed by atoms with van der Waals surface area (Å²) in [6.07, 6.45) is 3.85. The van der Waals surface area contributed by atoms with Gasteiger partial charge in [0.05, 0.1) is 0 Å². The van der Waals surface area contributed by atoms with E-state index in [0.29, 0.717) is 0 Å². The fourth-order valence-electron chi connectivity index (χ4n) is 1.18. The average Bonchev–Trinajstić information content (AvgIpc) is 2.39. The number of benzene rings is 1. The summed E-state index contributed by atoms with van der Waals surface area (Å²) in [7, 11) is -6.09. The molecule has 0 bridgehead atoms. The lowest BCUT2D eigenvalue weighted by Crippen LogP contribution is -2.28. The summed E-state index contributed by atoms with van der Waals surface area (Å²) >= 11 is 0. The number of alkyl halides is 3. The number of nitrogens with zero attached hydrogens (tertiary/aromatic N) is 1. The van der Waals surface area contributed by atoms with Crippen LogP contribution in [0.2, 0.25) is 0 Å². The lowest BCUT2D eigenvalue weighted by molar-refractivity contribution is -0.595. The average molecular weight is 323 g/mol. The Labute approximate surface area is 118 Å². The van der Waals surface area contributed by atoms with Crippen LogP contribution in [-0.4, -0.2) is 18.5 Å². The lowest BCUT2D eigenvalue weighted by atomic mass is 10.3. The summed E-state index contributed by atoms with van der Waals surface area (Å²) in [5.74, 6) is -0.208. The molecular formula is C12H9F4NO3S. The molecule has 0 saturated heterocycles. The highest BCUT2D eigenvalue weighted by molar-refractivity contribution is 7.86. The van der Waals surface area contributed by atoms with Crippen LogP contribution in [0.3, 0.4) is 0 Å². The van der Waals surface area contributed by atoms with Crippen LogP contribution in [0.4, 0.5) is 17.6 Å². The molecule has 0 unspecified atom stereocenters. The van der Waals surface area contributed by atoms with Crippen molar-refractivity contribution in [3.63, 3.8) is 0 Å². The second-order valence-electron chi connectivity index (χ2n) is 3.66. The molecule has 0 amide bonds. The maximum atomic E-state index is 12.6. The van der Waals surface area contributed by atoms with E-state index in [2.05, 4.69) is 0 Å². The minimum absolute atomic E-state index is 0.208. The zero-order valence-electron chi connectivity index (χ0n) is 10.3. The van der Waals surface area contributed by atoms with Crippen molar-refractivity contribution in [2.75, 3.05) is 0 Å². The van der Waals surface area contributed by atoms with Gasteiger partial charge in [-0.05, 0) is 12.1 Å². The standard InChI is InChI=1S/C11H9FN.CHF3O3S/c12-10-4-6-11(7-5-10)13-8-2-1-3-9-13;2-1(3,4)8(5,6)7/h1-9H;(H,5,6,7)/q+1;/p-1. The van der Waals surface area contributed by atoms with E-state index in [1.807, 2.05) is 35.2 Å². The van der Waals surface area contributed by atoms with Crippen molar-refractivity contribution in [2.45, 2.75) is 5.51 Å². The third kappa shape index (κ3) is 5.48. The molecule has 0 N–H and O–H groups in total. The maximum absolute atomic E-state index is 12.6. The zero-order chi connectivity index (χ0) is 16.1. The Morgan fingerprint density at radius 2 is 1.38 bits per heavy atom. The van der Waals surface area contributed by atoms with Gasteiger partial charge in [0.1, 0.15) is 5.82 Å². The summed E-state index contributed by atoms with van der Waals surface area (Å²) < 4.78 is 73.4. The molecule has 114 valence electrons. The van der Waals surface area contributed by atoms with Crippen LogP contribution in [0.5, 0.6) is 0 Å². The first-order valence-corrected chi connectivity index (χ1v) is 6.76. The molecule has 0 aliphatic carbocycles. The number of aromatic nitrogens is 1. The molecule has 9 heteroatoms. The van der Waals surface area contributed by atoms with Crippen LogP contribution in [0.15, 0.2) is 54.9 Å². The van der Waals surface area contributed by atoms with Crippen LogP contribution in [0, 0.1) is 5.82 Å². The van der Waals surface area contributed by atoms with Gasteiger partial charge in [-0.3, -0.25) is 0 Å². The van der Waals surface area contributed by atoms with E-state index in [1.165, 1.54) is 12.1 Å². The predicted molar refractivity (Wildman–Crippen MR) is 63.7 cm³/mol. The molecule has 0 saturated carbocycles. The highest BCUT2D eigenvalue weighted by Gasteiger charge is 2.36. The van der Waals surface area contributed by atoms with Crippen molar-refractivity contribution < 1.29 is 35.1 Å². The molecule has 0 radical (unpaired) electrons. The number of pyridine rings is 1. The van der Waals surface area contributed by atoms with Crippen molar-refractivity contribution in [1.82, 2.24) is 0 Å². The normalized spacial score (nSPS) is 11.5. The zero-order valence-corrected chi connectivity index (χ0v) is 11.1. The van der Waals surface area contributed by atoms with Crippen molar-refractivity contribution >= 4 is 10.1 Å². The molecule has 0 atom stereocenters. The van der Waals surface area contributed by atoms with Gasteiger partial charge < -0.3 is 4.55 Å². The summed E-state index contributed by atoms with van der Waals surface area (Å²) in [6, 6.07) is 12.2. The number of rotatable bonds is 1. The highest BCUT2D eigenvalue weighted by Crippen LogP contribution is 2.20. The fourth-order valence-corrected chi connectivity index (χ4v) is 1.18. The maximum Gasteiger partial charge on any atom is 0.485 e. The fraction of sp³-hybridized carbons (Fsp3) is 0.0833. The summed E-state index contributed by atoms with van der Waals surface area (Å²) in [4.78, 5) is 0. The van der Waals surface area contributed by atoms with E-state index < -0.39 is 15.6 Å². The van der Waals surface area contributed by atoms with Crippen LogP contribution in [0.1, 0.15) is 0 Å². The minimum Gasteiger partial charge on any atom is -0.741 e. The smallest absolute Gasteiger partial charge is 0.485 e. The van der Waals surface area contributed by atoms with Gasteiger partial charge in [0.15, 0.2) is 22.5 Å². The molecule has 0 spiro atoms. The molecule has 4 nitrogen and oxygen atoms in total. The van der Waals surface area contributed by atoms with Gasteiger partial charge in [0, 0.05) is 24.3 Å². The molecule has 21 heavy (non-hydrogen) atoms. The van der Waals surface area contributed by atoms with Crippen molar-refractivity contribution in [3.8, 4) is 5.69 Å². The Kier molecular flexibility index (Phi) is 5.39. The van der Waals surface area contributed by atoms with Crippen molar-refractivity contribution in [1.29, 1.82) is 0 Å². The molecule has 0 fully saturated rings. The first-order chi connectivity index (χ1) is 9.61. The van der Waals surface area contributed by atoms with E-state index in [4.69, 9.17) is 13.0 Å². The van der Waals surface area contributed by atoms with E-state index >= 15 is 0 Å². The Bertz CT molecular complexity index is 670. The third-order valence-electron chi connectivity index (χ3n) is 2.12. The van der Waals surface area contributed by atoms with E-state index in [-0.39, 0.29) is 5.82 Å². The molecular weight excluding hydrogens is 314 g/mol. The van der Waals surface area contributed by atoms with Crippen LogP contribution < -0.4 is 4.57 Å². The SMILES string of the molecule is Fc1ccc(-[n+]2ccccc2)cc1.O=S(=O)([O-])C(F)(F)F. The molecule has 2 aromatic rings. The van der Waals surface area contributed by atoms with Gasteiger partial charge >= 0.3 is 5.51 Å². The summed E-state index contributed by atoms with van der Waals surface area (Å²) in [6.45, 7) is 0. The van der Waals surface area contributed by atoms with Crippen LogP contribution in [-0.2, 0) is 10.1 Å². The molecule has 1 heterocycles. The monoisotopic (exact) mass is 323 g/mol. The van der Waals surface area contributed by atoms with E-state index in [9.17, 15) is 17.6 Å². The van der Waals surface area contributed by atoms with Gasteiger partial charge in [-0.15, -0.1) is 0 Å². The topological polar surface area (TPSA) is 61.1 Å². The summed E-state index contributed by atoms with van der Waals surface area (Å²) in [5.41, 5.74) is -4.69. The highest BCUT2D eigenvalue weighted by atomic mass is 32.2. The molecule has 2 rings (SSSR count). The second kappa shape index (κ2) is 6.64. The third-order valence-corrected chi connectivity index (χ3v) is 2.69. The Morgan fingerprint density at radius 3 is 1.76 bits per heavy atom. The first kappa shape index (κ1) is 17.1. The Hall–Kier alpha value is -2.00. The number of halogens is 4. The number of hydrogen-bond acceptors (Lipinski definition) is 3. The van der Waals surface area contributed by atoms with Gasteiger partial charge in [0.25, 0.3) is 0 Å². The Morgan fingerprint density at radius 1 is 0.952 bits per heavy atom. The lowest BCUT2D eigenvalue weighted by Gasteiger charge is -2.08. The van der Waals surface area contributed by atoms with Gasteiger partial charge in [-0.25, -0.2) is 12.8 Å². The molecule has 1 aromatic carbocycles. The second-order valence-corrected chi connectivity index (χ2v) is 5.03.